The molecule has 0 bridgehead atoms. The van der Waals surface area contributed by atoms with Gasteiger partial charge in [0, 0.05) is 10.7 Å². The van der Waals surface area contributed by atoms with E-state index in [-0.39, 0.29) is 11.4 Å². The van der Waals surface area contributed by atoms with Crippen molar-refractivity contribution in [1.29, 1.82) is 0 Å². The van der Waals surface area contributed by atoms with Gasteiger partial charge in [0.2, 0.25) is 5.91 Å². The van der Waals surface area contributed by atoms with Gasteiger partial charge in [0.15, 0.2) is 0 Å². The maximum Gasteiger partial charge on any atom is 0.264 e. The second-order valence-electron chi connectivity index (χ2n) is 6.67. The van der Waals surface area contributed by atoms with Crippen LogP contribution < -0.4 is 9.62 Å². The fourth-order valence-corrected chi connectivity index (χ4v) is 4.37. The van der Waals surface area contributed by atoms with E-state index < -0.39 is 15.9 Å². The second kappa shape index (κ2) is 8.68. The van der Waals surface area contributed by atoms with Crippen molar-refractivity contribution in [3.8, 4) is 0 Å². The van der Waals surface area contributed by atoms with E-state index in [9.17, 15) is 13.2 Å². The molecular weight excluding hydrogens is 408 g/mol. The SMILES string of the molecule is Cc1ccc(N(CC(=O)Nc2ccc(C)c(Cl)c2)S(=O)(=O)c2ccccc2)cc1. The van der Waals surface area contributed by atoms with Crippen LogP contribution in [0.2, 0.25) is 5.02 Å². The first-order chi connectivity index (χ1) is 13.8. The van der Waals surface area contributed by atoms with Gasteiger partial charge >= 0.3 is 0 Å². The highest BCUT2D eigenvalue weighted by Crippen LogP contribution is 2.25. The molecule has 150 valence electrons. The first-order valence-electron chi connectivity index (χ1n) is 8.98. The van der Waals surface area contributed by atoms with Gasteiger partial charge in [-0.2, -0.15) is 0 Å². The Morgan fingerprint density at radius 2 is 1.62 bits per heavy atom. The normalized spacial score (nSPS) is 11.1. The Labute approximate surface area is 176 Å². The van der Waals surface area contributed by atoms with Gasteiger partial charge in [-0.15, -0.1) is 0 Å². The van der Waals surface area contributed by atoms with Crippen molar-refractivity contribution in [2.45, 2.75) is 18.7 Å². The van der Waals surface area contributed by atoms with Gasteiger partial charge in [0.25, 0.3) is 10.0 Å². The molecule has 1 N–H and O–H groups in total. The van der Waals surface area contributed by atoms with Gasteiger partial charge in [-0.25, -0.2) is 8.42 Å². The number of amides is 1. The summed E-state index contributed by atoms with van der Waals surface area (Å²) < 4.78 is 27.6. The smallest absolute Gasteiger partial charge is 0.264 e. The molecule has 7 heteroatoms. The monoisotopic (exact) mass is 428 g/mol. The minimum atomic E-state index is -3.92. The fourth-order valence-electron chi connectivity index (χ4n) is 2.75. The molecule has 0 spiro atoms. The zero-order valence-corrected chi connectivity index (χ0v) is 17.7. The quantitative estimate of drug-likeness (QED) is 0.613. The lowest BCUT2D eigenvalue weighted by Crippen LogP contribution is -2.38. The van der Waals surface area contributed by atoms with Gasteiger partial charge in [-0.1, -0.05) is 53.6 Å². The number of carbonyl (C=O) groups excluding carboxylic acids is 1. The highest BCUT2D eigenvalue weighted by atomic mass is 35.5. The number of anilines is 2. The summed E-state index contributed by atoms with van der Waals surface area (Å²) in [5, 5.41) is 3.24. The zero-order valence-electron chi connectivity index (χ0n) is 16.1. The van der Waals surface area contributed by atoms with Crippen LogP contribution in [0.15, 0.2) is 77.7 Å². The van der Waals surface area contributed by atoms with E-state index in [0.717, 1.165) is 15.4 Å². The summed E-state index contributed by atoms with van der Waals surface area (Å²) in [6.45, 7) is 3.40. The molecule has 0 aliphatic carbocycles. The molecule has 0 unspecified atom stereocenters. The number of nitrogens with one attached hydrogen (secondary N) is 1. The van der Waals surface area contributed by atoms with Gasteiger partial charge in [0.1, 0.15) is 6.54 Å². The largest absolute Gasteiger partial charge is 0.324 e. The third-order valence-electron chi connectivity index (χ3n) is 4.40. The molecule has 0 saturated carbocycles. The molecule has 1 amide bonds. The van der Waals surface area contributed by atoms with E-state index in [1.54, 1.807) is 60.7 Å². The van der Waals surface area contributed by atoms with Gasteiger partial charge in [-0.05, 0) is 55.8 Å². The summed E-state index contributed by atoms with van der Waals surface area (Å²) >= 11 is 6.11. The van der Waals surface area contributed by atoms with E-state index in [0.29, 0.717) is 16.4 Å². The van der Waals surface area contributed by atoms with Gasteiger partial charge in [-0.3, -0.25) is 9.10 Å². The number of hydrogen-bond acceptors (Lipinski definition) is 3. The van der Waals surface area contributed by atoms with E-state index >= 15 is 0 Å². The van der Waals surface area contributed by atoms with E-state index in [4.69, 9.17) is 11.6 Å². The lowest BCUT2D eigenvalue weighted by molar-refractivity contribution is -0.114. The van der Waals surface area contributed by atoms with Crippen molar-refractivity contribution in [3.05, 3.63) is 88.9 Å². The first-order valence-corrected chi connectivity index (χ1v) is 10.8. The summed E-state index contributed by atoms with van der Waals surface area (Å²) in [7, 11) is -3.92. The molecule has 3 rings (SSSR count). The number of aryl methyl sites for hydroxylation is 2. The number of benzene rings is 3. The molecule has 0 saturated heterocycles. The minimum Gasteiger partial charge on any atom is -0.324 e. The zero-order chi connectivity index (χ0) is 21.0. The molecule has 3 aromatic rings. The molecule has 0 atom stereocenters. The Balaban J connectivity index is 1.92. The second-order valence-corrected chi connectivity index (χ2v) is 8.94. The summed E-state index contributed by atoms with van der Waals surface area (Å²) in [5.74, 6) is -0.468. The third kappa shape index (κ3) is 4.96. The van der Waals surface area contributed by atoms with Crippen LogP contribution in [-0.2, 0) is 14.8 Å². The van der Waals surface area contributed by atoms with Crippen molar-refractivity contribution < 1.29 is 13.2 Å². The van der Waals surface area contributed by atoms with Crippen LogP contribution in [0.4, 0.5) is 11.4 Å². The molecule has 0 fully saturated rings. The molecule has 0 radical (unpaired) electrons. The van der Waals surface area contributed by atoms with Crippen LogP contribution in [0, 0.1) is 13.8 Å². The summed E-state index contributed by atoms with van der Waals surface area (Å²) in [5.41, 5.74) is 2.80. The van der Waals surface area contributed by atoms with Crippen LogP contribution >= 0.6 is 11.6 Å². The maximum absolute atomic E-state index is 13.2. The average Bonchev–Trinajstić information content (AvgIpc) is 2.70. The maximum atomic E-state index is 13.2. The predicted octanol–water partition coefficient (Wildman–Crippen LogP) is 4.79. The Hall–Kier alpha value is -2.83. The number of rotatable bonds is 6. The van der Waals surface area contributed by atoms with Crippen molar-refractivity contribution in [2.75, 3.05) is 16.2 Å². The predicted molar refractivity (Wildman–Crippen MR) is 117 cm³/mol. The Morgan fingerprint density at radius 3 is 2.24 bits per heavy atom. The van der Waals surface area contributed by atoms with E-state index in [1.165, 1.54) is 12.1 Å². The lowest BCUT2D eigenvalue weighted by atomic mass is 10.2. The highest BCUT2D eigenvalue weighted by Gasteiger charge is 2.27. The average molecular weight is 429 g/mol. The molecule has 3 aromatic carbocycles. The van der Waals surface area contributed by atoms with Gasteiger partial charge < -0.3 is 5.32 Å². The van der Waals surface area contributed by atoms with Crippen LogP contribution in [0.1, 0.15) is 11.1 Å². The number of sulfonamides is 1. The minimum absolute atomic E-state index is 0.117. The molecule has 0 aromatic heterocycles. The molecule has 5 nitrogen and oxygen atoms in total. The molecule has 0 aliphatic heterocycles. The van der Waals surface area contributed by atoms with Crippen LogP contribution in [0.3, 0.4) is 0 Å². The Kier molecular flexibility index (Phi) is 6.25. The van der Waals surface area contributed by atoms with Crippen molar-refractivity contribution >= 4 is 38.9 Å². The highest BCUT2D eigenvalue weighted by molar-refractivity contribution is 7.92. The standard InChI is InChI=1S/C22H21ClN2O3S/c1-16-8-12-19(13-9-16)25(29(27,28)20-6-4-3-5-7-20)15-22(26)24-18-11-10-17(2)21(23)14-18/h3-14H,15H2,1-2H3,(H,24,26). The Bertz CT molecular complexity index is 1110. The first kappa shape index (κ1) is 20.9. The van der Waals surface area contributed by atoms with Crippen LogP contribution in [-0.4, -0.2) is 20.9 Å². The van der Waals surface area contributed by atoms with Crippen LogP contribution in [0.5, 0.6) is 0 Å². The van der Waals surface area contributed by atoms with E-state index in [1.807, 2.05) is 13.8 Å². The molecular formula is C22H21ClN2O3S. The van der Waals surface area contributed by atoms with Crippen molar-refractivity contribution in [1.82, 2.24) is 0 Å². The molecule has 0 heterocycles. The Morgan fingerprint density at radius 1 is 0.966 bits per heavy atom. The van der Waals surface area contributed by atoms with E-state index in [2.05, 4.69) is 5.32 Å². The third-order valence-corrected chi connectivity index (χ3v) is 6.59. The van der Waals surface area contributed by atoms with Crippen molar-refractivity contribution in [2.24, 2.45) is 0 Å². The van der Waals surface area contributed by atoms with Crippen molar-refractivity contribution in [3.63, 3.8) is 0 Å². The summed E-state index contributed by atoms with van der Waals surface area (Å²) in [6.07, 6.45) is 0. The number of carbonyl (C=O) groups is 1. The summed E-state index contributed by atoms with van der Waals surface area (Å²) in [6, 6.07) is 20.2. The fraction of sp³-hybridized carbons (Fsp3) is 0.136. The topological polar surface area (TPSA) is 66.5 Å². The lowest BCUT2D eigenvalue weighted by Gasteiger charge is -2.24. The van der Waals surface area contributed by atoms with Crippen LogP contribution in [0.25, 0.3) is 0 Å². The molecule has 0 aliphatic rings. The number of halogens is 1. The van der Waals surface area contributed by atoms with Gasteiger partial charge in [0.05, 0.1) is 10.6 Å². The number of nitrogens with zero attached hydrogens (tertiary/aromatic N) is 1. The molecule has 29 heavy (non-hydrogen) atoms. The summed E-state index contributed by atoms with van der Waals surface area (Å²) in [4.78, 5) is 12.8. The number of hydrogen-bond donors (Lipinski definition) is 1.